The lowest BCUT2D eigenvalue weighted by Gasteiger charge is -2.18. The summed E-state index contributed by atoms with van der Waals surface area (Å²) in [5.74, 6) is 2.68. The molecule has 2 fully saturated rings. The van der Waals surface area contributed by atoms with Crippen molar-refractivity contribution in [2.45, 2.75) is 89.8 Å². The molecule has 1 heterocycles. The van der Waals surface area contributed by atoms with E-state index in [2.05, 4.69) is 12.8 Å². The summed E-state index contributed by atoms with van der Waals surface area (Å²) in [6.07, 6.45) is 17.1. The SMILES string of the molecule is C#C[C@@H](CCCC)CCC[C@H]1CC[C@@H]2OC(CCC(O)=C(O)C(=O)CO)C[C@H]12. The maximum Gasteiger partial charge on any atom is 0.225 e. The zero-order valence-electron chi connectivity index (χ0n) is 17.1. The molecule has 1 saturated carbocycles. The van der Waals surface area contributed by atoms with Gasteiger partial charge in [0.05, 0.1) is 12.2 Å². The highest BCUT2D eigenvalue weighted by molar-refractivity contribution is 5.94. The Labute approximate surface area is 169 Å². The molecule has 158 valence electrons. The van der Waals surface area contributed by atoms with E-state index in [0.717, 1.165) is 25.7 Å². The lowest BCUT2D eigenvalue weighted by Crippen LogP contribution is -2.14. The van der Waals surface area contributed by atoms with E-state index < -0.39 is 18.1 Å². The van der Waals surface area contributed by atoms with Crippen LogP contribution in [0.15, 0.2) is 11.5 Å². The minimum Gasteiger partial charge on any atom is -0.508 e. The number of ether oxygens (including phenoxy) is 1. The summed E-state index contributed by atoms with van der Waals surface area (Å²) >= 11 is 0. The molecule has 5 nitrogen and oxygen atoms in total. The first kappa shape index (κ1) is 22.8. The Bertz CT molecular complexity index is 576. The summed E-state index contributed by atoms with van der Waals surface area (Å²) in [4.78, 5) is 11.2. The third kappa shape index (κ3) is 6.25. The molecule has 1 aliphatic heterocycles. The first-order chi connectivity index (χ1) is 13.5. The molecule has 5 heteroatoms. The molecular weight excluding hydrogens is 356 g/mol. The fraction of sp³-hybridized carbons (Fsp3) is 0.783. The van der Waals surface area contributed by atoms with Crippen LogP contribution in [-0.2, 0) is 9.53 Å². The third-order valence-electron chi connectivity index (χ3n) is 6.46. The molecule has 2 aliphatic rings. The van der Waals surface area contributed by atoms with Crippen LogP contribution >= 0.6 is 0 Å². The quantitative estimate of drug-likeness (QED) is 0.259. The molecule has 2 rings (SSSR count). The smallest absolute Gasteiger partial charge is 0.225 e. The Morgan fingerprint density at radius 2 is 1.96 bits per heavy atom. The van der Waals surface area contributed by atoms with Crippen LogP contribution in [0.5, 0.6) is 0 Å². The van der Waals surface area contributed by atoms with Gasteiger partial charge in [-0.2, -0.15) is 0 Å². The molecule has 0 bridgehead atoms. The van der Waals surface area contributed by atoms with Crippen molar-refractivity contribution in [3.05, 3.63) is 11.5 Å². The van der Waals surface area contributed by atoms with Crippen molar-refractivity contribution in [3.8, 4) is 12.3 Å². The first-order valence-electron chi connectivity index (χ1n) is 10.9. The fourth-order valence-electron chi connectivity index (χ4n) is 4.81. The van der Waals surface area contributed by atoms with Crippen molar-refractivity contribution < 1.29 is 24.9 Å². The van der Waals surface area contributed by atoms with Gasteiger partial charge in [0, 0.05) is 12.3 Å². The van der Waals surface area contributed by atoms with Gasteiger partial charge in [-0.05, 0) is 50.4 Å². The van der Waals surface area contributed by atoms with Crippen LogP contribution in [0.1, 0.15) is 77.6 Å². The predicted octanol–water partition coefficient (Wildman–Crippen LogP) is 4.45. The molecule has 28 heavy (non-hydrogen) atoms. The number of aliphatic hydroxyl groups excluding tert-OH is 3. The molecule has 1 saturated heterocycles. The molecule has 1 aliphatic carbocycles. The second kappa shape index (κ2) is 11.5. The number of allylic oxidation sites excluding steroid dienone is 1. The lowest BCUT2D eigenvalue weighted by molar-refractivity contribution is -0.120. The average molecular weight is 393 g/mol. The summed E-state index contributed by atoms with van der Waals surface area (Å²) in [6.45, 7) is 1.39. The maximum absolute atomic E-state index is 11.2. The van der Waals surface area contributed by atoms with Gasteiger partial charge in [0.1, 0.15) is 12.4 Å². The number of aliphatic hydroxyl groups is 3. The van der Waals surface area contributed by atoms with Gasteiger partial charge >= 0.3 is 0 Å². The predicted molar refractivity (Wildman–Crippen MR) is 109 cm³/mol. The zero-order chi connectivity index (χ0) is 20.5. The van der Waals surface area contributed by atoms with Gasteiger partial charge in [0.15, 0.2) is 5.76 Å². The van der Waals surface area contributed by atoms with Crippen LogP contribution in [0.3, 0.4) is 0 Å². The Morgan fingerprint density at radius 3 is 2.64 bits per heavy atom. The number of unbranched alkanes of at least 4 members (excludes halogenated alkanes) is 1. The molecule has 1 unspecified atom stereocenters. The molecule has 0 radical (unpaired) electrons. The number of hydrogen-bond donors (Lipinski definition) is 3. The number of terminal acetylenes is 1. The maximum atomic E-state index is 11.2. The highest BCUT2D eigenvalue weighted by Gasteiger charge is 2.43. The normalized spacial score (nSPS) is 28.5. The van der Waals surface area contributed by atoms with Gasteiger partial charge in [0.2, 0.25) is 5.78 Å². The first-order valence-corrected chi connectivity index (χ1v) is 10.9. The minimum atomic E-state index is -0.856. The van der Waals surface area contributed by atoms with E-state index >= 15 is 0 Å². The van der Waals surface area contributed by atoms with E-state index in [0.29, 0.717) is 30.3 Å². The highest BCUT2D eigenvalue weighted by atomic mass is 16.5. The molecule has 0 aromatic rings. The number of ketones is 1. The number of rotatable bonds is 12. The monoisotopic (exact) mass is 392 g/mol. The Balaban J connectivity index is 1.74. The van der Waals surface area contributed by atoms with Crippen LogP contribution in [0, 0.1) is 30.1 Å². The van der Waals surface area contributed by atoms with E-state index in [1.165, 1.54) is 32.1 Å². The van der Waals surface area contributed by atoms with Crippen molar-refractivity contribution >= 4 is 5.78 Å². The van der Waals surface area contributed by atoms with Gasteiger partial charge < -0.3 is 20.1 Å². The van der Waals surface area contributed by atoms with E-state index in [1.54, 1.807) is 0 Å². The van der Waals surface area contributed by atoms with Crippen molar-refractivity contribution in [1.29, 1.82) is 0 Å². The van der Waals surface area contributed by atoms with Gasteiger partial charge in [-0.25, -0.2) is 0 Å². The van der Waals surface area contributed by atoms with Gasteiger partial charge in [-0.15, -0.1) is 12.3 Å². The summed E-state index contributed by atoms with van der Waals surface area (Å²) in [5, 5.41) is 28.1. The number of hydrogen-bond acceptors (Lipinski definition) is 5. The number of Topliss-reactive ketones (excluding diaryl/α,β-unsaturated/α-hetero) is 1. The van der Waals surface area contributed by atoms with Crippen molar-refractivity contribution in [2.75, 3.05) is 6.61 Å². The van der Waals surface area contributed by atoms with Crippen LogP contribution < -0.4 is 0 Å². The topological polar surface area (TPSA) is 87.0 Å². The second-order valence-corrected chi connectivity index (χ2v) is 8.39. The summed E-state index contributed by atoms with van der Waals surface area (Å²) in [6, 6.07) is 0. The van der Waals surface area contributed by atoms with Gasteiger partial charge in [0.25, 0.3) is 0 Å². The van der Waals surface area contributed by atoms with E-state index in [4.69, 9.17) is 16.3 Å². The van der Waals surface area contributed by atoms with Crippen LogP contribution in [-0.4, -0.2) is 39.9 Å². The standard InChI is InChI=1S/C23H36O5/c1-3-5-7-16(4-2)8-6-9-17-10-13-22-19(17)14-18(28-22)11-12-20(25)23(27)21(26)15-24/h2,16-19,22,24-25,27H,3,5-15H2,1H3/t16-,17-,18?,19+,22-/m0/s1. The molecule has 0 aromatic carbocycles. The van der Waals surface area contributed by atoms with Crippen LogP contribution in [0.2, 0.25) is 0 Å². The Morgan fingerprint density at radius 1 is 1.21 bits per heavy atom. The lowest BCUT2D eigenvalue weighted by atomic mass is 9.85. The van der Waals surface area contributed by atoms with Gasteiger partial charge in [-0.3, -0.25) is 4.79 Å². The summed E-state index contributed by atoms with van der Waals surface area (Å²) in [5.41, 5.74) is 0. The molecule has 3 N–H and O–H groups in total. The van der Waals surface area contributed by atoms with E-state index in [9.17, 15) is 15.0 Å². The minimum absolute atomic E-state index is 0.0555. The molecule has 0 amide bonds. The van der Waals surface area contributed by atoms with E-state index in [-0.39, 0.29) is 18.3 Å². The molecule has 0 spiro atoms. The number of carbonyl (C=O) groups excluding carboxylic acids is 1. The summed E-state index contributed by atoms with van der Waals surface area (Å²) in [7, 11) is 0. The molecule has 0 aromatic heterocycles. The van der Waals surface area contributed by atoms with Crippen molar-refractivity contribution in [2.24, 2.45) is 17.8 Å². The highest BCUT2D eigenvalue weighted by Crippen LogP contribution is 2.46. The van der Waals surface area contributed by atoms with Crippen LogP contribution in [0.25, 0.3) is 0 Å². The zero-order valence-corrected chi connectivity index (χ0v) is 17.1. The van der Waals surface area contributed by atoms with Crippen molar-refractivity contribution in [1.82, 2.24) is 0 Å². The largest absolute Gasteiger partial charge is 0.508 e. The Kier molecular flexibility index (Phi) is 9.34. The van der Waals surface area contributed by atoms with Gasteiger partial charge in [-0.1, -0.05) is 32.6 Å². The van der Waals surface area contributed by atoms with Crippen LogP contribution in [0.4, 0.5) is 0 Å². The Hall–Kier alpha value is -1.51. The second-order valence-electron chi connectivity index (χ2n) is 8.39. The fourth-order valence-corrected chi connectivity index (χ4v) is 4.81. The number of fused-ring (bicyclic) bond motifs is 1. The molecular formula is C23H36O5. The average Bonchev–Trinajstić information content (AvgIpc) is 3.28. The molecule has 5 atom stereocenters. The third-order valence-corrected chi connectivity index (χ3v) is 6.46. The van der Waals surface area contributed by atoms with E-state index in [1.807, 2.05) is 0 Å². The summed E-state index contributed by atoms with van der Waals surface area (Å²) < 4.78 is 6.15. The van der Waals surface area contributed by atoms with Crippen molar-refractivity contribution in [3.63, 3.8) is 0 Å². The number of carbonyl (C=O) groups is 1.